The van der Waals surface area contributed by atoms with E-state index in [9.17, 15) is 4.79 Å². The Morgan fingerprint density at radius 2 is 2.38 bits per heavy atom. The highest BCUT2D eigenvalue weighted by atomic mass is 16.1. The number of hydrogen-bond acceptors (Lipinski definition) is 4. The van der Waals surface area contributed by atoms with Gasteiger partial charge in [0.15, 0.2) is 5.65 Å². The van der Waals surface area contributed by atoms with Crippen LogP contribution in [0.25, 0.3) is 11.0 Å². The van der Waals surface area contributed by atoms with Crippen molar-refractivity contribution >= 4 is 11.0 Å². The molecule has 1 saturated carbocycles. The lowest BCUT2D eigenvalue weighted by atomic mass is 9.74. The summed E-state index contributed by atoms with van der Waals surface area (Å²) < 4.78 is 0. The summed E-state index contributed by atoms with van der Waals surface area (Å²) in [5.74, 6) is 7.27. The van der Waals surface area contributed by atoms with Crippen molar-refractivity contribution in [3.8, 4) is 0 Å². The molecule has 0 amide bonds. The molecule has 0 saturated heterocycles. The summed E-state index contributed by atoms with van der Waals surface area (Å²) in [5.41, 5.74) is 0.300. The second-order valence-corrected chi connectivity index (χ2v) is 4.44. The van der Waals surface area contributed by atoms with Crippen molar-refractivity contribution in [2.24, 2.45) is 5.92 Å². The van der Waals surface area contributed by atoms with Gasteiger partial charge in [0.25, 0.3) is 5.56 Å². The van der Waals surface area contributed by atoms with Crippen molar-refractivity contribution in [3.63, 3.8) is 0 Å². The van der Waals surface area contributed by atoms with Gasteiger partial charge in [-0.3, -0.25) is 4.79 Å². The number of fused-ring (bicyclic) bond motifs is 1. The summed E-state index contributed by atoms with van der Waals surface area (Å²) in [4.78, 5) is 20.1. The van der Waals surface area contributed by atoms with Crippen LogP contribution in [0.2, 0.25) is 0 Å². The Kier molecular flexibility index (Phi) is 1.80. The van der Waals surface area contributed by atoms with E-state index in [1.54, 1.807) is 0 Å². The molecular weight excluding hydrogens is 206 g/mol. The molecule has 6 heteroatoms. The molecule has 2 heterocycles. The monoisotopic (exact) mass is 219 g/mol. The molecule has 3 N–H and O–H groups in total. The minimum Gasteiger partial charge on any atom is -0.321 e. The van der Waals surface area contributed by atoms with Gasteiger partial charge in [-0.05, 0) is 18.8 Å². The Hall–Kier alpha value is -1.85. The number of nitrogens with one attached hydrogen (secondary N) is 1. The van der Waals surface area contributed by atoms with Crippen LogP contribution in [0, 0.1) is 5.92 Å². The molecule has 0 spiro atoms. The summed E-state index contributed by atoms with van der Waals surface area (Å²) >= 11 is 0. The molecule has 0 aliphatic heterocycles. The second kappa shape index (κ2) is 3.07. The summed E-state index contributed by atoms with van der Waals surface area (Å²) in [6, 6.07) is 0. The number of rotatable bonds is 1. The van der Waals surface area contributed by atoms with Gasteiger partial charge in [-0.25, -0.2) is 4.98 Å². The Morgan fingerprint density at radius 1 is 1.56 bits per heavy atom. The molecule has 6 nitrogen and oxygen atoms in total. The van der Waals surface area contributed by atoms with Crippen LogP contribution < -0.4 is 11.4 Å². The quantitative estimate of drug-likeness (QED) is 0.677. The number of nitrogen functional groups attached to an aromatic ring is 1. The van der Waals surface area contributed by atoms with Crippen molar-refractivity contribution in [2.75, 3.05) is 5.84 Å². The summed E-state index contributed by atoms with van der Waals surface area (Å²) in [6.45, 7) is 2.16. The maximum absolute atomic E-state index is 11.8. The van der Waals surface area contributed by atoms with E-state index >= 15 is 0 Å². The van der Waals surface area contributed by atoms with Crippen LogP contribution in [0.5, 0.6) is 0 Å². The SMILES string of the molecule is CC1CCC1c1nc2c(cnn2N)c(=O)[nH]1. The van der Waals surface area contributed by atoms with Crippen LogP contribution in [0.1, 0.15) is 31.5 Å². The van der Waals surface area contributed by atoms with Gasteiger partial charge in [-0.1, -0.05) is 6.92 Å². The Bertz CT molecular complexity index is 599. The van der Waals surface area contributed by atoms with Crippen LogP contribution in [0.15, 0.2) is 11.0 Å². The molecule has 2 atom stereocenters. The molecule has 16 heavy (non-hydrogen) atoms. The highest BCUT2D eigenvalue weighted by Crippen LogP contribution is 2.40. The molecule has 0 radical (unpaired) electrons. The van der Waals surface area contributed by atoms with Crippen molar-refractivity contribution in [1.29, 1.82) is 0 Å². The van der Waals surface area contributed by atoms with Crippen molar-refractivity contribution in [2.45, 2.75) is 25.7 Å². The average molecular weight is 219 g/mol. The Morgan fingerprint density at radius 3 is 3.00 bits per heavy atom. The number of aromatic amines is 1. The van der Waals surface area contributed by atoms with Gasteiger partial charge in [0.1, 0.15) is 11.2 Å². The predicted octanol–water partition coefficient (Wildman–Crippen LogP) is 0.347. The fourth-order valence-electron chi connectivity index (χ4n) is 2.20. The van der Waals surface area contributed by atoms with E-state index in [1.165, 1.54) is 12.6 Å². The zero-order chi connectivity index (χ0) is 11.3. The van der Waals surface area contributed by atoms with Gasteiger partial charge in [-0.15, -0.1) is 0 Å². The topological polar surface area (TPSA) is 89.6 Å². The van der Waals surface area contributed by atoms with Gasteiger partial charge in [0.2, 0.25) is 0 Å². The number of hydrogen-bond donors (Lipinski definition) is 2. The lowest BCUT2D eigenvalue weighted by molar-refractivity contribution is 0.269. The largest absolute Gasteiger partial charge is 0.321 e. The zero-order valence-corrected chi connectivity index (χ0v) is 8.97. The number of nitrogens with two attached hydrogens (primary N) is 1. The van der Waals surface area contributed by atoms with Crippen LogP contribution in [-0.2, 0) is 0 Å². The van der Waals surface area contributed by atoms with Gasteiger partial charge in [-0.2, -0.15) is 9.89 Å². The molecule has 1 aliphatic carbocycles. The van der Waals surface area contributed by atoms with Crippen molar-refractivity contribution in [3.05, 3.63) is 22.4 Å². The highest BCUT2D eigenvalue weighted by molar-refractivity contribution is 5.73. The van der Waals surface area contributed by atoms with Gasteiger partial charge >= 0.3 is 0 Å². The summed E-state index contributed by atoms with van der Waals surface area (Å²) in [6.07, 6.45) is 3.71. The lowest BCUT2D eigenvalue weighted by Crippen LogP contribution is -2.26. The standard InChI is InChI=1S/C10H13N5O/c1-5-2-3-6(5)8-13-9-7(10(16)14-8)4-12-15(9)11/h4-6H,2-3,11H2,1H3,(H,13,14,16). The zero-order valence-electron chi connectivity index (χ0n) is 8.97. The fraction of sp³-hybridized carbons (Fsp3) is 0.500. The van der Waals surface area contributed by atoms with Gasteiger partial charge < -0.3 is 10.8 Å². The first-order valence-electron chi connectivity index (χ1n) is 5.40. The maximum atomic E-state index is 11.8. The van der Waals surface area contributed by atoms with Crippen molar-refractivity contribution < 1.29 is 0 Å². The van der Waals surface area contributed by atoms with Gasteiger partial charge in [0.05, 0.1) is 6.20 Å². The van der Waals surface area contributed by atoms with Crippen LogP contribution in [0.3, 0.4) is 0 Å². The molecule has 0 aromatic carbocycles. The third-order valence-electron chi connectivity index (χ3n) is 3.45. The normalized spacial score (nSPS) is 24.6. The second-order valence-electron chi connectivity index (χ2n) is 4.44. The van der Waals surface area contributed by atoms with Crippen LogP contribution in [0.4, 0.5) is 0 Å². The minimum absolute atomic E-state index is 0.157. The van der Waals surface area contributed by atoms with E-state index in [1.807, 2.05) is 0 Å². The first kappa shape index (κ1) is 9.38. The first-order chi connectivity index (χ1) is 7.66. The molecule has 1 fully saturated rings. The molecular formula is C10H13N5O. The number of H-pyrrole nitrogens is 1. The molecule has 1 aliphatic rings. The van der Waals surface area contributed by atoms with E-state index in [0.717, 1.165) is 17.0 Å². The molecule has 2 unspecified atom stereocenters. The fourth-order valence-corrected chi connectivity index (χ4v) is 2.20. The number of aromatic nitrogens is 4. The van der Waals surface area contributed by atoms with E-state index in [2.05, 4.69) is 22.0 Å². The molecule has 0 bridgehead atoms. The average Bonchev–Trinajstić information content (AvgIpc) is 2.59. The first-order valence-corrected chi connectivity index (χ1v) is 5.40. The van der Waals surface area contributed by atoms with Crippen LogP contribution >= 0.6 is 0 Å². The third kappa shape index (κ3) is 1.16. The van der Waals surface area contributed by atoms with E-state index in [0.29, 0.717) is 22.9 Å². The van der Waals surface area contributed by atoms with Crippen molar-refractivity contribution in [1.82, 2.24) is 19.9 Å². The molecule has 84 valence electrons. The predicted molar refractivity (Wildman–Crippen MR) is 59.4 cm³/mol. The Balaban J connectivity index is 2.20. The Labute approximate surface area is 91.5 Å². The third-order valence-corrected chi connectivity index (χ3v) is 3.45. The van der Waals surface area contributed by atoms with E-state index in [4.69, 9.17) is 5.84 Å². The highest BCUT2D eigenvalue weighted by Gasteiger charge is 2.30. The smallest absolute Gasteiger partial charge is 0.262 e. The van der Waals surface area contributed by atoms with E-state index in [-0.39, 0.29) is 5.56 Å². The van der Waals surface area contributed by atoms with Gasteiger partial charge in [0, 0.05) is 5.92 Å². The molecule has 3 rings (SSSR count). The van der Waals surface area contributed by atoms with Crippen LogP contribution in [-0.4, -0.2) is 19.9 Å². The number of nitrogens with zero attached hydrogens (tertiary/aromatic N) is 3. The summed E-state index contributed by atoms with van der Waals surface area (Å²) in [5, 5.41) is 4.27. The maximum Gasteiger partial charge on any atom is 0.262 e. The minimum atomic E-state index is -0.157. The molecule has 2 aromatic heterocycles. The molecule has 2 aromatic rings. The lowest BCUT2D eigenvalue weighted by Gasteiger charge is -2.32. The van der Waals surface area contributed by atoms with E-state index < -0.39 is 0 Å². The summed E-state index contributed by atoms with van der Waals surface area (Å²) in [7, 11) is 0.